The molecular weight excluding hydrogens is 364 g/mol. The van der Waals surface area contributed by atoms with E-state index in [0.717, 1.165) is 12.8 Å². The summed E-state index contributed by atoms with van der Waals surface area (Å²) in [5, 5.41) is 0. The van der Waals surface area contributed by atoms with Crippen LogP contribution in [0.4, 0.5) is 0 Å². The second kappa shape index (κ2) is 14.9. The smallest absolute Gasteiger partial charge is 0.266 e. The van der Waals surface area contributed by atoms with E-state index in [4.69, 9.17) is 4.18 Å². The Morgan fingerprint density at radius 3 is 1.71 bits per heavy atom. The number of hydrogen-bond donors (Lipinski definition) is 0. The summed E-state index contributed by atoms with van der Waals surface area (Å²) in [5.41, 5.74) is 0. The van der Waals surface area contributed by atoms with Gasteiger partial charge in [0.15, 0.2) is 0 Å². The minimum Gasteiger partial charge on any atom is -0.266 e. The van der Waals surface area contributed by atoms with Gasteiger partial charge in [-0.2, -0.15) is 8.42 Å². The van der Waals surface area contributed by atoms with Crippen molar-refractivity contribution in [1.82, 2.24) is 0 Å². The van der Waals surface area contributed by atoms with Crippen molar-refractivity contribution < 1.29 is 29.7 Å². The van der Waals surface area contributed by atoms with E-state index in [-0.39, 0.29) is 28.6 Å². The maximum absolute atomic E-state index is 11.9. The van der Waals surface area contributed by atoms with Crippen LogP contribution in [0.15, 0.2) is 35.2 Å². The molecule has 0 bridgehead atoms. The van der Waals surface area contributed by atoms with Gasteiger partial charge in [-0.25, -0.2) is 0 Å². The first kappa shape index (κ1) is 23.6. The number of unbranched alkanes of at least 4 members (excludes halogenated alkanes) is 10. The molecule has 0 amide bonds. The monoisotopic (exact) mass is 396 g/mol. The number of rotatable bonds is 14. The summed E-state index contributed by atoms with van der Waals surface area (Å²) < 4.78 is 28.9. The first-order valence-corrected chi connectivity index (χ1v) is 10.5. The van der Waals surface area contributed by atoms with Gasteiger partial charge < -0.3 is 0 Å². The van der Waals surface area contributed by atoms with E-state index in [9.17, 15) is 8.42 Å². The van der Waals surface area contributed by atoms with Crippen LogP contribution in [-0.4, -0.2) is 15.0 Å². The van der Waals surface area contributed by atoms with E-state index < -0.39 is 10.1 Å². The first-order chi connectivity index (χ1) is 11.2. The molecule has 0 unspecified atom stereocenters. The van der Waals surface area contributed by atoms with Crippen LogP contribution in [0.1, 0.15) is 77.6 Å². The number of benzene rings is 1. The van der Waals surface area contributed by atoms with Crippen molar-refractivity contribution in [2.75, 3.05) is 6.61 Å². The molecule has 0 heterocycles. The van der Waals surface area contributed by atoms with Gasteiger partial charge in [-0.1, -0.05) is 89.3 Å². The van der Waals surface area contributed by atoms with Gasteiger partial charge in [0.1, 0.15) is 0 Å². The molecule has 24 heavy (non-hydrogen) atoms. The predicted octanol–water partition coefficient (Wildman–Crippen LogP) is 5.70. The summed E-state index contributed by atoms with van der Waals surface area (Å²) in [4.78, 5) is 0.239. The van der Waals surface area contributed by atoms with Gasteiger partial charge in [0.2, 0.25) is 0 Å². The third-order valence-electron chi connectivity index (χ3n) is 4.02. The molecule has 140 valence electrons. The van der Waals surface area contributed by atoms with Crippen LogP contribution in [0.3, 0.4) is 0 Å². The van der Waals surface area contributed by atoms with E-state index in [0.29, 0.717) is 0 Å². The summed E-state index contributed by atoms with van der Waals surface area (Å²) in [6.45, 7) is 2.53. The quantitative estimate of drug-likeness (QED) is 0.230. The Balaban J connectivity index is 0.00000529. The SMILES string of the molecule is CCCCCCCCCCCCCOS(=O)(=O)c1ccccc1.[Fe]. The van der Waals surface area contributed by atoms with Gasteiger partial charge in [0, 0.05) is 17.1 Å². The summed E-state index contributed by atoms with van der Waals surface area (Å²) in [5.74, 6) is 0. The summed E-state index contributed by atoms with van der Waals surface area (Å²) in [6.07, 6.45) is 13.7. The zero-order chi connectivity index (χ0) is 16.8. The van der Waals surface area contributed by atoms with E-state index in [2.05, 4.69) is 6.92 Å². The fraction of sp³-hybridized carbons (Fsp3) is 0.684. The van der Waals surface area contributed by atoms with Crippen molar-refractivity contribution in [3.05, 3.63) is 30.3 Å². The standard InChI is InChI=1S/C19H32O3S.Fe/c1-2-3-4-5-6-7-8-9-10-11-15-18-22-23(20,21)19-16-13-12-14-17-19;/h12-14,16-17H,2-11,15,18H2,1H3;. The van der Waals surface area contributed by atoms with Gasteiger partial charge in [-0.15, -0.1) is 0 Å². The molecule has 0 saturated carbocycles. The van der Waals surface area contributed by atoms with Gasteiger partial charge in [-0.05, 0) is 18.6 Å². The molecule has 0 aliphatic heterocycles. The second-order valence-electron chi connectivity index (χ2n) is 6.12. The van der Waals surface area contributed by atoms with Gasteiger partial charge >= 0.3 is 0 Å². The number of hydrogen-bond acceptors (Lipinski definition) is 3. The molecule has 0 saturated heterocycles. The molecule has 3 nitrogen and oxygen atoms in total. The second-order valence-corrected chi connectivity index (χ2v) is 7.74. The van der Waals surface area contributed by atoms with Crippen molar-refractivity contribution in [2.45, 2.75) is 82.4 Å². The van der Waals surface area contributed by atoms with Crippen molar-refractivity contribution in [1.29, 1.82) is 0 Å². The van der Waals surface area contributed by atoms with E-state index in [1.807, 2.05) is 0 Å². The van der Waals surface area contributed by atoms with Gasteiger partial charge in [0.05, 0.1) is 11.5 Å². The Hall–Kier alpha value is -0.351. The average molecular weight is 396 g/mol. The van der Waals surface area contributed by atoms with Gasteiger partial charge in [-0.3, -0.25) is 4.18 Å². The molecule has 0 radical (unpaired) electrons. The molecule has 0 aliphatic carbocycles. The third kappa shape index (κ3) is 11.2. The molecule has 0 spiro atoms. The van der Waals surface area contributed by atoms with Crippen LogP contribution in [0.5, 0.6) is 0 Å². The Labute approximate surface area is 159 Å². The Bertz CT molecular complexity index is 489. The molecule has 0 aliphatic rings. The van der Waals surface area contributed by atoms with Crippen LogP contribution < -0.4 is 0 Å². The largest absolute Gasteiger partial charge is 0.296 e. The minimum atomic E-state index is -3.57. The van der Waals surface area contributed by atoms with E-state index >= 15 is 0 Å². The van der Waals surface area contributed by atoms with Crippen LogP contribution in [0.2, 0.25) is 0 Å². The molecular formula is C19H32FeO3S. The molecule has 5 heteroatoms. The molecule has 1 aromatic carbocycles. The first-order valence-electron chi connectivity index (χ1n) is 9.11. The fourth-order valence-electron chi connectivity index (χ4n) is 2.59. The minimum absolute atomic E-state index is 0. The zero-order valence-electron chi connectivity index (χ0n) is 14.9. The normalized spacial score (nSPS) is 11.2. The molecule has 1 aromatic rings. The topological polar surface area (TPSA) is 43.4 Å². The zero-order valence-corrected chi connectivity index (χ0v) is 16.8. The Kier molecular flexibility index (Phi) is 14.7. The van der Waals surface area contributed by atoms with Crippen molar-refractivity contribution in [2.24, 2.45) is 0 Å². The maximum atomic E-state index is 11.9. The van der Waals surface area contributed by atoms with Gasteiger partial charge in [0.25, 0.3) is 10.1 Å². The third-order valence-corrected chi connectivity index (χ3v) is 5.34. The van der Waals surface area contributed by atoms with Crippen molar-refractivity contribution >= 4 is 10.1 Å². The van der Waals surface area contributed by atoms with Crippen LogP contribution in [0, 0.1) is 0 Å². The molecule has 0 N–H and O–H groups in total. The molecule has 0 aromatic heterocycles. The summed E-state index contributed by atoms with van der Waals surface area (Å²) in [7, 11) is -3.57. The Morgan fingerprint density at radius 2 is 1.21 bits per heavy atom. The predicted molar refractivity (Wildman–Crippen MR) is 96.0 cm³/mol. The van der Waals surface area contributed by atoms with Crippen LogP contribution >= 0.6 is 0 Å². The molecule has 0 atom stereocenters. The van der Waals surface area contributed by atoms with E-state index in [1.54, 1.807) is 30.3 Å². The molecule has 0 fully saturated rings. The molecule has 1 rings (SSSR count). The summed E-state index contributed by atoms with van der Waals surface area (Å²) in [6, 6.07) is 8.34. The average Bonchev–Trinajstić information content (AvgIpc) is 2.56. The van der Waals surface area contributed by atoms with E-state index in [1.165, 1.54) is 57.8 Å². The summed E-state index contributed by atoms with van der Waals surface area (Å²) >= 11 is 0. The van der Waals surface area contributed by atoms with Crippen LogP contribution in [-0.2, 0) is 31.4 Å². The van der Waals surface area contributed by atoms with Crippen LogP contribution in [0.25, 0.3) is 0 Å². The fourth-order valence-corrected chi connectivity index (χ4v) is 3.55. The maximum Gasteiger partial charge on any atom is 0.296 e. The Morgan fingerprint density at radius 1 is 0.750 bits per heavy atom. The van der Waals surface area contributed by atoms with Crippen molar-refractivity contribution in [3.63, 3.8) is 0 Å². The van der Waals surface area contributed by atoms with Crippen molar-refractivity contribution in [3.8, 4) is 0 Å².